The molecule has 112 valence electrons. The highest BCUT2D eigenvalue weighted by molar-refractivity contribution is 6.35. The van der Waals surface area contributed by atoms with E-state index in [1.165, 1.54) is 12.1 Å². The maximum absolute atomic E-state index is 13.4. The monoisotopic (exact) mass is 320 g/mol. The number of benzene rings is 1. The van der Waals surface area contributed by atoms with E-state index in [2.05, 4.69) is 10.6 Å². The lowest BCUT2D eigenvalue weighted by Crippen LogP contribution is -2.35. The molecule has 0 aromatic heterocycles. The molecule has 6 heteroatoms. The lowest BCUT2D eigenvalue weighted by Gasteiger charge is -2.17. The Bertz CT molecular complexity index is 480. The molecule has 20 heavy (non-hydrogen) atoms. The predicted molar refractivity (Wildman–Crippen MR) is 80.7 cm³/mol. The van der Waals surface area contributed by atoms with Crippen LogP contribution >= 0.6 is 23.2 Å². The zero-order valence-electron chi connectivity index (χ0n) is 11.8. The molecular weight excluding hydrogens is 302 g/mol. The van der Waals surface area contributed by atoms with Crippen LogP contribution in [0.4, 0.5) is 4.39 Å². The van der Waals surface area contributed by atoms with Crippen LogP contribution < -0.4 is 10.6 Å². The Morgan fingerprint density at radius 1 is 1.20 bits per heavy atom. The first kappa shape index (κ1) is 17.2. The Morgan fingerprint density at radius 3 is 2.45 bits per heavy atom. The van der Waals surface area contributed by atoms with Crippen LogP contribution in [0.1, 0.15) is 32.4 Å². The first-order valence-electron chi connectivity index (χ1n) is 6.48. The second-order valence-corrected chi connectivity index (χ2v) is 5.72. The van der Waals surface area contributed by atoms with Gasteiger partial charge in [-0.3, -0.25) is 4.79 Å². The Morgan fingerprint density at radius 2 is 1.85 bits per heavy atom. The van der Waals surface area contributed by atoms with Crippen LogP contribution in [0, 0.1) is 11.7 Å². The van der Waals surface area contributed by atoms with Gasteiger partial charge in [0.15, 0.2) is 0 Å². The second-order valence-electron chi connectivity index (χ2n) is 4.91. The Labute approximate surface area is 128 Å². The summed E-state index contributed by atoms with van der Waals surface area (Å²) in [5, 5.41) is 6.39. The predicted octanol–water partition coefficient (Wildman–Crippen LogP) is 3.56. The topological polar surface area (TPSA) is 41.1 Å². The minimum atomic E-state index is -0.493. The zero-order chi connectivity index (χ0) is 15.3. The molecule has 0 saturated heterocycles. The third kappa shape index (κ3) is 4.93. The molecule has 1 amide bonds. The molecule has 1 unspecified atom stereocenters. The van der Waals surface area contributed by atoms with Gasteiger partial charge in [0, 0.05) is 30.1 Å². The van der Waals surface area contributed by atoms with Gasteiger partial charge in [-0.05, 0) is 24.6 Å². The summed E-state index contributed by atoms with van der Waals surface area (Å²) in [4.78, 5) is 11.4. The van der Waals surface area contributed by atoms with Gasteiger partial charge in [-0.15, -0.1) is 0 Å². The molecule has 0 heterocycles. The van der Waals surface area contributed by atoms with Gasteiger partial charge in [0.25, 0.3) is 0 Å². The van der Waals surface area contributed by atoms with Crippen LogP contribution in [0.25, 0.3) is 0 Å². The highest BCUT2D eigenvalue weighted by atomic mass is 35.5. The number of halogens is 3. The average molecular weight is 321 g/mol. The fraction of sp³-hybridized carbons (Fsp3) is 0.500. The molecule has 0 aliphatic carbocycles. The molecule has 1 atom stereocenters. The standard InChI is InChI=1S/C14H19Cl2FN2O/c1-8(2)14(20)19-5-4-18-9(3)10-6-13(17)12(16)7-11(10)15/h6-9,18H,4-5H2,1-3H3,(H,19,20). The number of hydrogen-bond acceptors (Lipinski definition) is 2. The molecule has 1 rings (SSSR count). The van der Waals surface area contributed by atoms with Gasteiger partial charge in [-0.1, -0.05) is 37.0 Å². The summed E-state index contributed by atoms with van der Waals surface area (Å²) in [6.07, 6.45) is 0. The highest BCUT2D eigenvalue weighted by Crippen LogP contribution is 2.28. The lowest BCUT2D eigenvalue weighted by atomic mass is 10.1. The van der Waals surface area contributed by atoms with Crippen LogP contribution in [0.3, 0.4) is 0 Å². The van der Waals surface area contributed by atoms with Crippen molar-refractivity contribution in [3.05, 3.63) is 33.6 Å². The smallest absolute Gasteiger partial charge is 0.222 e. The van der Waals surface area contributed by atoms with Crippen LogP contribution in [0.2, 0.25) is 10.0 Å². The van der Waals surface area contributed by atoms with Crippen molar-refractivity contribution < 1.29 is 9.18 Å². The molecule has 0 radical (unpaired) electrons. The summed E-state index contributed by atoms with van der Waals surface area (Å²) in [7, 11) is 0. The number of amides is 1. The van der Waals surface area contributed by atoms with E-state index in [1.807, 2.05) is 20.8 Å². The molecule has 0 aliphatic rings. The van der Waals surface area contributed by atoms with Gasteiger partial charge < -0.3 is 10.6 Å². The number of nitrogens with one attached hydrogen (secondary N) is 2. The number of carbonyl (C=O) groups excluding carboxylic acids is 1. The Balaban J connectivity index is 2.49. The van der Waals surface area contributed by atoms with Gasteiger partial charge in [-0.2, -0.15) is 0 Å². The molecule has 1 aromatic rings. The number of hydrogen-bond donors (Lipinski definition) is 2. The van der Waals surface area contributed by atoms with Gasteiger partial charge >= 0.3 is 0 Å². The quantitative estimate of drug-likeness (QED) is 0.621. The maximum atomic E-state index is 13.4. The summed E-state index contributed by atoms with van der Waals surface area (Å²) >= 11 is 11.7. The van der Waals surface area contributed by atoms with E-state index in [0.29, 0.717) is 23.7 Å². The van der Waals surface area contributed by atoms with Crippen LogP contribution in [0.5, 0.6) is 0 Å². The van der Waals surface area contributed by atoms with Crippen molar-refractivity contribution in [2.75, 3.05) is 13.1 Å². The van der Waals surface area contributed by atoms with E-state index in [-0.39, 0.29) is 22.9 Å². The molecule has 3 nitrogen and oxygen atoms in total. The van der Waals surface area contributed by atoms with Crippen molar-refractivity contribution in [2.45, 2.75) is 26.8 Å². The first-order valence-corrected chi connectivity index (χ1v) is 7.24. The first-order chi connectivity index (χ1) is 9.32. The van der Waals surface area contributed by atoms with E-state index in [4.69, 9.17) is 23.2 Å². The molecule has 0 bridgehead atoms. The highest BCUT2D eigenvalue weighted by Gasteiger charge is 2.13. The lowest BCUT2D eigenvalue weighted by molar-refractivity contribution is -0.123. The van der Waals surface area contributed by atoms with Crippen molar-refractivity contribution in [1.29, 1.82) is 0 Å². The number of carbonyl (C=O) groups is 1. The zero-order valence-corrected chi connectivity index (χ0v) is 13.3. The summed E-state index contributed by atoms with van der Waals surface area (Å²) in [5.74, 6) is -0.518. The summed E-state index contributed by atoms with van der Waals surface area (Å²) in [6, 6.07) is 2.59. The van der Waals surface area contributed by atoms with E-state index in [9.17, 15) is 9.18 Å². The van der Waals surface area contributed by atoms with Gasteiger partial charge in [0.1, 0.15) is 5.82 Å². The van der Waals surface area contributed by atoms with E-state index < -0.39 is 5.82 Å². The molecular formula is C14H19Cl2FN2O. The maximum Gasteiger partial charge on any atom is 0.222 e. The second kappa shape index (κ2) is 7.81. The van der Waals surface area contributed by atoms with Gasteiger partial charge in [0.05, 0.1) is 5.02 Å². The SMILES string of the molecule is CC(C)C(=O)NCCNC(C)c1cc(F)c(Cl)cc1Cl. The number of rotatable bonds is 6. The minimum Gasteiger partial charge on any atom is -0.355 e. The summed E-state index contributed by atoms with van der Waals surface area (Å²) < 4.78 is 13.4. The minimum absolute atomic E-state index is 0.00928. The van der Waals surface area contributed by atoms with E-state index >= 15 is 0 Å². The Hall–Kier alpha value is -0.840. The van der Waals surface area contributed by atoms with Crippen molar-refractivity contribution >= 4 is 29.1 Å². The molecule has 2 N–H and O–H groups in total. The largest absolute Gasteiger partial charge is 0.355 e. The Kier molecular flexibility index (Phi) is 6.72. The third-order valence-electron chi connectivity index (χ3n) is 2.91. The van der Waals surface area contributed by atoms with Gasteiger partial charge in [0.2, 0.25) is 5.91 Å². The normalized spacial score (nSPS) is 12.6. The van der Waals surface area contributed by atoms with Crippen molar-refractivity contribution in [3.63, 3.8) is 0 Å². The van der Waals surface area contributed by atoms with Crippen molar-refractivity contribution in [2.24, 2.45) is 5.92 Å². The third-order valence-corrected chi connectivity index (χ3v) is 3.52. The molecule has 0 fully saturated rings. The van der Waals surface area contributed by atoms with E-state index in [0.717, 1.165) is 0 Å². The summed E-state index contributed by atoms with van der Waals surface area (Å²) in [6.45, 7) is 6.62. The van der Waals surface area contributed by atoms with Crippen molar-refractivity contribution in [1.82, 2.24) is 10.6 Å². The average Bonchev–Trinajstić information content (AvgIpc) is 2.38. The molecule has 1 aromatic carbocycles. The van der Waals surface area contributed by atoms with Crippen LogP contribution in [0.15, 0.2) is 12.1 Å². The summed E-state index contributed by atoms with van der Waals surface area (Å²) in [5.41, 5.74) is 0.642. The molecule has 0 saturated carbocycles. The molecule has 0 aliphatic heterocycles. The molecule has 0 spiro atoms. The van der Waals surface area contributed by atoms with Crippen LogP contribution in [-0.2, 0) is 4.79 Å². The fourth-order valence-corrected chi connectivity index (χ4v) is 2.21. The van der Waals surface area contributed by atoms with Crippen molar-refractivity contribution in [3.8, 4) is 0 Å². The van der Waals surface area contributed by atoms with Gasteiger partial charge in [-0.25, -0.2) is 4.39 Å². The van der Waals surface area contributed by atoms with Crippen LogP contribution in [-0.4, -0.2) is 19.0 Å². The fourth-order valence-electron chi connectivity index (χ4n) is 1.66. The van der Waals surface area contributed by atoms with E-state index in [1.54, 1.807) is 0 Å².